The molecule has 0 saturated carbocycles. The van der Waals surface area contributed by atoms with Gasteiger partial charge >= 0.3 is 0 Å². The Balaban J connectivity index is 1.19. The molecule has 0 atom stereocenters. The average Bonchev–Trinajstić information content (AvgIpc) is 3.60. The van der Waals surface area contributed by atoms with Crippen LogP contribution in [0.1, 0.15) is 0 Å². The Morgan fingerprint density at radius 1 is 0.346 bits per heavy atom. The number of furan rings is 1. The van der Waals surface area contributed by atoms with Gasteiger partial charge < -0.3 is 9.32 Å². The highest BCUT2D eigenvalue weighted by Gasteiger charge is 2.21. The van der Waals surface area contributed by atoms with Crippen LogP contribution in [-0.2, 0) is 0 Å². The van der Waals surface area contributed by atoms with Crippen molar-refractivity contribution in [2.45, 2.75) is 0 Å². The van der Waals surface area contributed by atoms with E-state index in [1.807, 2.05) is 6.07 Å². The number of para-hydroxylation sites is 1. The van der Waals surface area contributed by atoms with Crippen molar-refractivity contribution in [2.75, 3.05) is 4.90 Å². The summed E-state index contributed by atoms with van der Waals surface area (Å²) in [5, 5.41) is 6.94. The number of benzene rings is 9. The minimum Gasteiger partial charge on any atom is -0.455 e. The molecule has 1 heterocycles. The van der Waals surface area contributed by atoms with E-state index < -0.39 is 0 Å². The summed E-state index contributed by atoms with van der Waals surface area (Å²) in [6.07, 6.45) is 0. The molecule has 0 saturated heterocycles. The molecule has 1 aromatic heterocycles. The van der Waals surface area contributed by atoms with Crippen molar-refractivity contribution in [3.8, 4) is 33.4 Å². The van der Waals surface area contributed by atoms with Crippen molar-refractivity contribution in [2.24, 2.45) is 0 Å². The maximum atomic E-state index is 6.51. The molecule has 0 aliphatic carbocycles. The number of fused-ring (bicyclic) bond motifs is 6. The van der Waals surface area contributed by atoms with E-state index in [0.717, 1.165) is 49.8 Å². The van der Waals surface area contributed by atoms with Crippen LogP contribution in [-0.4, -0.2) is 0 Å². The van der Waals surface area contributed by atoms with Crippen LogP contribution in [0.4, 0.5) is 17.1 Å². The number of nitrogens with zero attached hydrogens (tertiary/aromatic N) is 1. The van der Waals surface area contributed by atoms with E-state index >= 15 is 0 Å². The maximum Gasteiger partial charge on any atom is 0.143 e. The third-order valence-corrected chi connectivity index (χ3v) is 10.2. The molecule has 0 amide bonds. The van der Waals surface area contributed by atoms with Crippen LogP contribution in [0.3, 0.4) is 0 Å². The Morgan fingerprint density at radius 2 is 0.923 bits per heavy atom. The molecule has 0 spiro atoms. The molecular formula is C50H33NO. The van der Waals surface area contributed by atoms with Gasteiger partial charge in [-0.05, 0) is 80.6 Å². The number of hydrogen-bond donors (Lipinski definition) is 0. The fourth-order valence-corrected chi connectivity index (χ4v) is 7.83. The summed E-state index contributed by atoms with van der Waals surface area (Å²) in [5.74, 6) is 0. The van der Waals surface area contributed by atoms with Gasteiger partial charge in [-0.2, -0.15) is 0 Å². The lowest BCUT2D eigenvalue weighted by atomic mass is 9.91. The Hall–Kier alpha value is -6.90. The summed E-state index contributed by atoms with van der Waals surface area (Å²) in [7, 11) is 0. The average molecular weight is 664 g/mol. The highest BCUT2D eigenvalue weighted by molar-refractivity contribution is 6.19. The number of rotatable bonds is 6. The normalized spacial score (nSPS) is 11.5. The first-order valence-electron chi connectivity index (χ1n) is 17.8. The summed E-state index contributed by atoms with van der Waals surface area (Å²) in [4.78, 5) is 2.40. The molecule has 10 rings (SSSR count). The fraction of sp³-hybridized carbons (Fsp3) is 0. The van der Waals surface area contributed by atoms with Gasteiger partial charge in [0.15, 0.2) is 0 Å². The lowest BCUT2D eigenvalue weighted by molar-refractivity contribution is 0.672. The van der Waals surface area contributed by atoms with Crippen molar-refractivity contribution in [1.82, 2.24) is 0 Å². The van der Waals surface area contributed by atoms with Crippen molar-refractivity contribution >= 4 is 60.5 Å². The Morgan fingerprint density at radius 3 is 1.65 bits per heavy atom. The summed E-state index contributed by atoms with van der Waals surface area (Å²) in [5.41, 5.74) is 12.3. The Bertz CT molecular complexity index is 2880. The molecule has 2 heteroatoms. The van der Waals surface area contributed by atoms with Crippen LogP contribution >= 0.6 is 0 Å². The highest BCUT2D eigenvalue weighted by atomic mass is 16.3. The largest absolute Gasteiger partial charge is 0.455 e. The molecule has 0 aliphatic heterocycles. The van der Waals surface area contributed by atoms with E-state index in [9.17, 15) is 0 Å². The molecule has 244 valence electrons. The molecular weight excluding hydrogens is 631 g/mol. The number of anilines is 3. The van der Waals surface area contributed by atoms with Crippen molar-refractivity contribution < 1.29 is 4.42 Å². The molecule has 0 aliphatic rings. The minimum absolute atomic E-state index is 0.895. The second kappa shape index (κ2) is 12.5. The molecule has 0 N–H and O–H groups in total. The lowest BCUT2D eigenvalue weighted by Gasteiger charge is -2.28. The monoisotopic (exact) mass is 663 g/mol. The van der Waals surface area contributed by atoms with Gasteiger partial charge in [-0.15, -0.1) is 0 Å². The third-order valence-electron chi connectivity index (χ3n) is 10.2. The van der Waals surface area contributed by atoms with Gasteiger partial charge in [0.25, 0.3) is 0 Å². The molecule has 9 aromatic carbocycles. The predicted octanol–water partition coefficient (Wildman–Crippen LogP) is 14.4. The summed E-state index contributed by atoms with van der Waals surface area (Å²) < 4.78 is 6.51. The van der Waals surface area contributed by atoms with Crippen LogP contribution in [0.25, 0.3) is 76.9 Å². The molecule has 0 bridgehead atoms. The number of hydrogen-bond acceptors (Lipinski definition) is 2. The van der Waals surface area contributed by atoms with Crippen molar-refractivity contribution in [3.05, 3.63) is 200 Å². The van der Waals surface area contributed by atoms with E-state index in [0.29, 0.717) is 0 Å². The van der Waals surface area contributed by atoms with Gasteiger partial charge in [-0.25, -0.2) is 0 Å². The van der Waals surface area contributed by atoms with Gasteiger partial charge in [0, 0.05) is 32.9 Å². The summed E-state index contributed by atoms with van der Waals surface area (Å²) in [6, 6.07) is 71.7. The van der Waals surface area contributed by atoms with Crippen LogP contribution in [0, 0.1) is 0 Å². The second-order valence-corrected chi connectivity index (χ2v) is 13.3. The quantitative estimate of drug-likeness (QED) is 0.176. The molecule has 0 unspecified atom stereocenters. The molecule has 0 radical (unpaired) electrons. The van der Waals surface area contributed by atoms with E-state index in [4.69, 9.17) is 4.42 Å². The van der Waals surface area contributed by atoms with Gasteiger partial charge in [0.2, 0.25) is 0 Å². The lowest BCUT2D eigenvalue weighted by Crippen LogP contribution is -2.10. The van der Waals surface area contributed by atoms with Crippen LogP contribution < -0.4 is 4.90 Å². The molecule has 10 aromatic rings. The van der Waals surface area contributed by atoms with Gasteiger partial charge in [-0.1, -0.05) is 164 Å². The van der Waals surface area contributed by atoms with Crippen molar-refractivity contribution in [3.63, 3.8) is 0 Å². The maximum absolute atomic E-state index is 6.51. The van der Waals surface area contributed by atoms with E-state index in [1.54, 1.807) is 0 Å². The van der Waals surface area contributed by atoms with E-state index in [2.05, 4.69) is 199 Å². The zero-order valence-electron chi connectivity index (χ0n) is 28.4. The Kier molecular flexibility index (Phi) is 7.18. The van der Waals surface area contributed by atoms with Gasteiger partial charge in [0.1, 0.15) is 11.2 Å². The molecule has 52 heavy (non-hydrogen) atoms. The van der Waals surface area contributed by atoms with Crippen LogP contribution in [0.2, 0.25) is 0 Å². The summed E-state index contributed by atoms with van der Waals surface area (Å²) >= 11 is 0. The van der Waals surface area contributed by atoms with Crippen LogP contribution in [0.5, 0.6) is 0 Å². The van der Waals surface area contributed by atoms with E-state index in [1.165, 1.54) is 44.2 Å². The first kappa shape index (κ1) is 30.0. The smallest absolute Gasteiger partial charge is 0.143 e. The van der Waals surface area contributed by atoms with Gasteiger partial charge in [-0.3, -0.25) is 0 Å². The molecule has 2 nitrogen and oxygen atoms in total. The topological polar surface area (TPSA) is 16.4 Å². The SMILES string of the molecule is c1ccc(-c2cccc(N(c3ccc(-c4cccc5cccc(-c6ccccc6)c45)cc3)c3cc4c5ccccc5oc4c4ccccc34)c2)cc1. The zero-order chi connectivity index (χ0) is 34.4. The first-order chi connectivity index (χ1) is 25.8. The van der Waals surface area contributed by atoms with E-state index in [-0.39, 0.29) is 0 Å². The van der Waals surface area contributed by atoms with Crippen molar-refractivity contribution in [1.29, 1.82) is 0 Å². The third kappa shape index (κ3) is 5.04. The standard InChI is InChI=1S/C50H33NO/c1-3-14-34(15-4-1)38-20-11-21-40(32-38)51(47-33-46-44-23-9-10-27-48(44)52-50(46)45-24-8-7-22-43(45)47)39-30-28-36(29-31-39)42-26-13-19-37-18-12-25-41(49(37)42)35-16-5-2-6-17-35/h1-33H. The van der Waals surface area contributed by atoms with Gasteiger partial charge in [0.05, 0.1) is 5.69 Å². The zero-order valence-corrected chi connectivity index (χ0v) is 28.4. The minimum atomic E-state index is 0.895. The summed E-state index contributed by atoms with van der Waals surface area (Å²) in [6.45, 7) is 0. The molecule has 0 fully saturated rings. The predicted molar refractivity (Wildman–Crippen MR) is 220 cm³/mol. The first-order valence-corrected chi connectivity index (χ1v) is 17.8. The Labute approximate surface area is 302 Å². The van der Waals surface area contributed by atoms with Crippen LogP contribution in [0.15, 0.2) is 205 Å². The highest BCUT2D eigenvalue weighted by Crippen LogP contribution is 2.46. The fourth-order valence-electron chi connectivity index (χ4n) is 7.83. The second-order valence-electron chi connectivity index (χ2n) is 13.3.